The summed E-state index contributed by atoms with van der Waals surface area (Å²) in [5.41, 5.74) is 2.68. The van der Waals surface area contributed by atoms with Crippen molar-refractivity contribution in [3.8, 4) is 5.69 Å². The molecule has 0 aliphatic rings. The lowest BCUT2D eigenvalue weighted by Gasteiger charge is -2.09. The van der Waals surface area contributed by atoms with Gasteiger partial charge in [0.15, 0.2) is 10.6 Å². The molecule has 0 saturated carbocycles. The Morgan fingerprint density at radius 1 is 1.05 bits per heavy atom. The third-order valence-corrected chi connectivity index (χ3v) is 3.69. The number of hydrogen-bond acceptors (Lipinski definition) is 1. The lowest BCUT2D eigenvalue weighted by molar-refractivity contribution is 0.564. The molecule has 0 radical (unpaired) electrons. The average molecular weight is 290 g/mol. The van der Waals surface area contributed by atoms with Crippen molar-refractivity contribution in [2.24, 2.45) is 0 Å². The fourth-order valence-corrected chi connectivity index (χ4v) is 2.63. The first-order valence-electron chi connectivity index (χ1n) is 6.16. The number of aromatic nitrogens is 2. The highest BCUT2D eigenvalue weighted by Gasteiger charge is 2.17. The molecule has 1 aromatic heterocycles. The van der Waals surface area contributed by atoms with E-state index in [0.717, 1.165) is 11.1 Å². The minimum Gasteiger partial charge on any atom is -0.330 e. The maximum atomic E-state index is 14.3. The van der Waals surface area contributed by atoms with Gasteiger partial charge in [-0.3, -0.25) is 4.57 Å². The van der Waals surface area contributed by atoms with Gasteiger partial charge >= 0.3 is 0 Å². The number of rotatable bonds is 1. The van der Waals surface area contributed by atoms with Crippen LogP contribution < -0.4 is 0 Å². The summed E-state index contributed by atoms with van der Waals surface area (Å²) in [6.45, 7) is 3.52. The first-order chi connectivity index (χ1) is 9.50. The number of benzene rings is 2. The standard InChI is InChI=1S/C15H12F2N2S/c1-8-6-7-10(16)14(12(8)17)19-11-5-3-4-9(2)13(11)18-15(19)20/h3-7H,1-2H3,(H,18,20). The molecule has 5 heteroatoms. The molecule has 0 fully saturated rings. The Labute approximate surface area is 119 Å². The van der Waals surface area contributed by atoms with Crippen molar-refractivity contribution in [2.75, 3.05) is 0 Å². The van der Waals surface area contributed by atoms with Crippen molar-refractivity contribution in [1.29, 1.82) is 0 Å². The van der Waals surface area contributed by atoms with Crippen LogP contribution in [0.3, 0.4) is 0 Å². The normalized spacial score (nSPS) is 11.2. The second-order valence-corrected chi connectivity index (χ2v) is 5.15. The highest BCUT2D eigenvalue weighted by Crippen LogP contribution is 2.27. The molecule has 0 bridgehead atoms. The molecule has 3 aromatic rings. The second-order valence-electron chi connectivity index (χ2n) is 4.76. The molecule has 0 atom stereocenters. The van der Waals surface area contributed by atoms with Crippen LogP contribution in [-0.4, -0.2) is 9.55 Å². The van der Waals surface area contributed by atoms with Crippen LogP contribution in [0.25, 0.3) is 16.7 Å². The van der Waals surface area contributed by atoms with Gasteiger partial charge in [-0.1, -0.05) is 18.2 Å². The van der Waals surface area contributed by atoms with E-state index in [2.05, 4.69) is 4.98 Å². The summed E-state index contributed by atoms with van der Waals surface area (Å²) in [6, 6.07) is 8.21. The molecule has 2 aromatic carbocycles. The zero-order valence-electron chi connectivity index (χ0n) is 11.0. The number of H-pyrrole nitrogens is 1. The van der Waals surface area contributed by atoms with Crippen LogP contribution in [0, 0.1) is 30.3 Å². The van der Waals surface area contributed by atoms with Gasteiger partial charge in [0.05, 0.1) is 11.0 Å². The Kier molecular flexibility index (Phi) is 2.94. The van der Waals surface area contributed by atoms with Gasteiger partial charge in [-0.05, 0) is 49.3 Å². The highest BCUT2D eigenvalue weighted by molar-refractivity contribution is 7.71. The number of para-hydroxylation sites is 1. The van der Waals surface area contributed by atoms with Gasteiger partial charge in [0, 0.05) is 0 Å². The van der Waals surface area contributed by atoms with E-state index in [9.17, 15) is 8.78 Å². The van der Waals surface area contributed by atoms with Gasteiger partial charge in [0.1, 0.15) is 11.5 Å². The van der Waals surface area contributed by atoms with Crippen molar-refractivity contribution in [3.05, 3.63) is 57.9 Å². The van der Waals surface area contributed by atoms with E-state index in [1.807, 2.05) is 19.1 Å². The largest absolute Gasteiger partial charge is 0.330 e. The number of nitrogens with one attached hydrogen (secondary N) is 1. The Hall–Kier alpha value is -2.01. The molecule has 0 saturated heterocycles. The Bertz CT molecular complexity index is 877. The lowest BCUT2D eigenvalue weighted by atomic mass is 10.1. The van der Waals surface area contributed by atoms with Crippen LogP contribution in [-0.2, 0) is 0 Å². The van der Waals surface area contributed by atoms with Crippen LogP contribution in [0.15, 0.2) is 30.3 Å². The third kappa shape index (κ3) is 1.78. The van der Waals surface area contributed by atoms with Crippen LogP contribution in [0.1, 0.15) is 11.1 Å². The maximum absolute atomic E-state index is 14.3. The SMILES string of the molecule is Cc1ccc(F)c(-n2c(=S)[nH]c3c(C)cccc32)c1F. The smallest absolute Gasteiger partial charge is 0.182 e. The predicted octanol–water partition coefficient (Wildman–Crippen LogP) is 4.58. The monoisotopic (exact) mass is 290 g/mol. The summed E-state index contributed by atoms with van der Waals surface area (Å²) < 4.78 is 30.1. The molecular weight excluding hydrogens is 278 g/mol. The number of nitrogens with zero attached hydrogens (tertiary/aromatic N) is 1. The topological polar surface area (TPSA) is 20.7 Å². The van der Waals surface area contributed by atoms with E-state index >= 15 is 0 Å². The zero-order chi connectivity index (χ0) is 14.4. The zero-order valence-corrected chi connectivity index (χ0v) is 11.8. The summed E-state index contributed by atoms with van der Waals surface area (Å²) in [7, 11) is 0. The first-order valence-corrected chi connectivity index (χ1v) is 6.57. The van der Waals surface area contributed by atoms with Crippen molar-refractivity contribution >= 4 is 23.3 Å². The number of hydrogen-bond donors (Lipinski definition) is 1. The summed E-state index contributed by atoms with van der Waals surface area (Å²) in [6.07, 6.45) is 0. The van der Waals surface area contributed by atoms with E-state index in [0.29, 0.717) is 11.1 Å². The van der Waals surface area contributed by atoms with E-state index in [4.69, 9.17) is 12.2 Å². The van der Waals surface area contributed by atoms with Crippen molar-refractivity contribution < 1.29 is 8.78 Å². The molecular formula is C15H12F2N2S. The quantitative estimate of drug-likeness (QED) is 0.650. The summed E-state index contributed by atoms with van der Waals surface area (Å²) in [4.78, 5) is 3.01. The van der Waals surface area contributed by atoms with E-state index in [-0.39, 0.29) is 10.5 Å². The maximum Gasteiger partial charge on any atom is 0.182 e. The molecule has 1 N–H and O–H groups in total. The molecule has 20 heavy (non-hydrogen) atoms. The highest BCUT2D eigenvalue weighted by atomic mass is 32.1. The number of halogens is 2. The van der Waals surface area contributed by atoms with Gasteiger partial charge in [-0.15, -0.1) is 0 Å². The van der Waals surface area contributed by atoms with Crippen molar-refractivity contribution in [3.63, 3.8) is 0 Å². The van der Waals surface area contributed by atoms with Crippen molar-refractivity contribution in [1.82, 2.24) is 9.55 Å². The van der Waals surface area contributed by atoms with Gasteiger partial charge in [-0.25, -0.2) is 8.78 Å². The minimum atomic E-state index is -0.633. The van der Waals surface area contributed by atoms with Crippen LogP contribution in [0.5, 0.6) is 0 Å². The molecule has 0 aliphatic heterocycles. The van der Waals surface area contributed by atoms with Crippen molar-refractivity contribution in [2.45, 2.75) is 13.8 Å². The molecule has 0 unspecified atom stereocenters. The number of imidazole rings is 1. The molecule has 2 nitrogen and oxygen atoms in total. The Morgan fingerprint density at radius 2 is 1.80 bits per heavy atom. The summed E-state index contributed by atoms with van der Waals surface area (Å²) in [5.74, 6) is -1.23. The fraction of sp³-hybridized carbons (Fsp3) is 0.133. The third-order valence-electron chi connectivity index (χ3n) is 3.41. The van der Waals surface area contributed by atoms with E-state index < -0.39 is 11.6 Å². The van der Waals surface area contributed by atoms with Crippen LogP contribution in [0.4, 0.5) is 8.78 Å². The first kappa shape index (κ1) is 13.0. The molecule has 1 heterocycles. The number of aryl methyl sites for hydroxylation is 2. The predicted molar refractivity (Wildman–Crippen MR) is 77.8 cm³/mol. The summed E-state index contributed by atoms with van der Waals surface area (Å²) in [5, 5.41) is 0. The van der Waals surface area contributed by atoms with E-state index in [1.165, 1.54) is 16.7 Å². The van der Waals surface area contributed by atoms with E-state index in [1.54, 1.807) is 13.0 Å². The van der Waals surface area contributed by atoms with Gasteiger partial charge < -0.3 is 4.98 Å². The van der Waals surface area contributed by atoms with Crippen LogP contribution >= 0.6 is 12.2 Å². The van der Waals surface area contributed by atoms with Gasteiger partial charge in [0.25, 0.3) is 0 Å². The fourth-order valence-electron chi connectivity index (χ4n) is 2.34. The molecule has 0 aliphatic carbocycles. The Morgan fingerprint density at radius 3 is 2.55 bits per heavy atom. The average Bonchev–Trinajstić information content (AvgIpc) is 2.74. The number of fused-ring (bicyclic) bond motifs is 1. The molecule has 0 amide bonds. The number of aromatic amines is 1. The van der Waals surface area contributed by atoms with Gasteiger partial charge in [0.2, 0.25) is 0 Å². The molecule has 102 valence electrons. The molecule has 3 rings (SSSR count). The van der Waals surface area contributed by atoms with Gasteiger partial charge in [-0.2, -0.15) is 0 Å². The molecule has 0 spiro atoms. The lowest BCUT2D eigenvalue weighted by Crippen LogP contribution is -2.03. The van der Waals surface area contributed by atoms with Crippen LogP contribution in [0.2, 0.25) is 0 Å². The Balaban J connectivity index is 2.48. The minimum absolute atomic E-state index is 0.133. The second kappa shape index (κ2) is 4.52. The summed E-state index contributed by atoms with van der Waals surface area (Å²) >= 11 is 5.23.